The van der Waals surface area contributed by atoms with Crippen LogP contribution in [0.25, 0.3) is 11.2 Å². The molecule has 6 N–H and O–H groups in total. The third kappa shape index (κ3) is 11.1. The number of aliphatic hydroxyl groups is 2. The molecule has 37 heavy (non-hydrogen) atoms. The van der Waals surface area contributed by atoms with Gasteiger partial charge in [-0.3, -0.25) is 18.0 Å². The Labute approximate surface area is 301 Å². The molecule has 6 atom stereocenters. The van der Waals surface area contributed by atoms with E-state index in [1.807, 2.05) is 0 Å². The van der Waals surface area contributed by atoms with Crippen molar-refractivity contribution in [2.24, 2.45) is 0 Å². The monoisotopic (exact) mass is 644 g/mol. The number of anilines is 2. The Hall–Kier alpha value is 2.73. The molecule has 0 aliphatic carbocycles. The van der Waals surface area contributed by atoms with Gasteiger partial charge < -0.3 is 55.1 Å². The second kappa shape index (κ2) is 16.0. The van der Waals surface area contributed by atoms with E-state index in [4.69, 9.17) is 27.8 Å². The summed E-state index contributed by atoms with van der Waals surface area (Å²) >= 11 is 6.02. The molecule has 3 heterocycles. The average Bonchev–Trinajstić information content (AvgIpc) is 3.07. The van der Waals surface area contributed by atoms with Crippen molar-refractivity contribution in [1.82, 2.24) is 19.5 Å². The molecular formula is C10H12ClN6Na4O13P3. The molecule has 186 valence electrons. The van der Waals surface area contributed by atoms with Crippen LogP contribution in [0.1, 0.15) is 6.23 Å². The normalized spacial score (nSPS) is 24.5. The van der Waals surface area contributed by atoms with Crippen molar-refractivity contribution in [3.63, 3.8) is 0 Å². The van der Waals surface area contributed by atoms with E-state index < -0.39 is 54.6 Å². The molecule has 3 rings (SSSR count). The molecule has 2 unspecified atom stereocenters. The standard InChI is InChI=1S/C10H16ClN6O13P3.4Na/c11-9-14-3-6(12)15-10(13)16-7(3)17(9)8-5(19)4(18)2(28-8)1-27-32(23,24)30-33(25,26)29-31(20,21)22;;;;/h2,4-5,8,18-19H,1H2,(H,23,24)(H,25,26)(H2,20,21,22)(H4,12,13,15,16);;;;/q;4*+1/p-4/t2-,4-,5-,8-;;;;/m1..../s1. The molecule has 1 saturated heterocycles. The van der Waals surface area contributed by atoms with Crippen LogP contribution >= 0.6 is 35.1 Å². The van der Waals surface area contributed by atoms with Gasteiger partial charge in [0.15, 0.2) is 23.2 Å². The van der Waals surface area contributed by atoms with Crippen molar-refractivity contribution >= 4 is 58.0 Å². The van der Waals surface area contributed by atoms with E-state index in [0.29, 0.717) is 0 Å². The molecule has 0 radical (unpaired) electrons. The molecule has 1 aliphatic heterocycles. The zero-order valence-electron chi connectivity index (χ0n) is 19.6. The number of phosphoric acid groups is 3. The number of nitrogens with two attached hydrogens (primary N) is 2. The Morgan fingerprint density at radius 3 is 2.05 bits per heavy atom. The number of hydrogen-bond donors (Lipinski definition) is 4. The van der Waals surface area contributed by atoms with Gasteiger partial charge in [-0.25, -0.2) is 9.29 Å². The Morgan fingerprint density at radius 1 is 0.946 bits per heavy atom. The minimum absolute atomic E-state index is 0. The van der Waals surface area contributed by atoms with Crippen molar-refractivity contribution in [2.75, 3.05) is 18.1 Å². The number of aliphatic hydroxyl groups excluding tert-OH is 2. The molecule has 0 saturated carbocycles. The molecule has 0 bridgehead atoms. The van der Waals surface area contributed by atoms with Crippen LogP contribution in [-0.2, 0) is 31.6 Å². The van der Waals surface area contributed by atoms with Crippen molar-refractivity contribution in [3.8, 4) is 0 Å². The molecule has 1 aliphatic rings. The Bertz CT molecular complexity index is 1220. The van der Waals surface area contributed by atoms with Crippen LogP contribution in [0.5, 0.6) is 0 Å². The van der Waals surface area contributed by atoms with Crippen LogP contribution in [0, 0.1) is 0 Å². The average molecular weight is 645 g/mol. The SMILES string of the molecule is Nc1nc(N)c2nc(Cl)n([C@@H]3O[C@H](COP(=O)([O-])OP(=O)([O-])OP(=O)([O-])[O-])[C@@H](O)[C@H]3O)c2n1.[Na+].[Na+].[Na+].[Na+]. The molecule has 27 heteroatoms. The molecule has 19 nitrogen and oxygen atoms in total. The maximum atomic E-state index is 11.6. The number of imidazole rings is 1. The van der Waals surface area contributed by atoms with E-state index in [1.54, 1.807) is 0 Å². The van der Waals surface area contributed by atoms with E-state index in [0.717, 1.165) is 4.57 Å². The Balaban J connectivity index is 0. The largest absolute Gasteiger partial charge is 1.00 e. The number of fused-ring (bicyclic) bond motifs is 1. The number of ether oxygens (including phenoxy) is 1. The molecule has 0 aromatic carbocycles. The van der Waals surface area contributed by atoms with Gasteiger partial charge in [-0.1, -0.05) is 0 Å². The summed E-state index contributed by atoms with van der Waals surface area (Å²) in [7, 11) is -18.2. The number of nitrogen functional groups attached to an aromatic ring is 2. The third-order valence-corrected chi connectivity index (χ3v) is 7.86. The van der Waals surface area contributed by atoms with Crippen molar-refractivity contribution in [2.45, 2.75) is 24.5 Å². The fourth-order valence-electron chi connectivity index (χ4n) is 2.74. The van der Waals surface area contributed by atoms with Gasteiger partial charge in [-0.2, -0.15) is 9.97 Å². The predicted octanol–water partition coefficient (Wildman–Crippen LogP) is -15.9. The summed E-state index contributed by atoms with van der Waals surface area (Å²) in [5, 5.41) is 20.2. The zero-order chi connectivity index (χ0) is 24.9. The minimum Gasteiger partial charge on any atom is -0.790 e. The number of halogens is 1. The second-order valence-corrected chi connectivity index (χ2v) is 10.8. The summed E-state index contributed by atoms with van der Waals surface area (Å²) in [6.45, 7) is -1.15. The first-order valence-electron chi connectivity index (χ1n) is 8.19. The Morgan fingerprint density at radius 2 is 1.51 bits per heavy atom. The second-order valence-electron chi connectivity index (χ2n) is 6.24. The number of hydrogen-bond acceptors (Lipinski definition) is 18. The number of nitrogens with zero attached hydrogens (tertiary/aromatic N) is 4. The van der Waals surface area contributed by atoms with E-state index >= 15 is 0 Å². The van der Waals surface area contributed by atoms with Crippen molar-refractivity contribution < 1.29 is 180 Å². The molecule has 1 fully saturated rings. The van der Waals surface area contributed by atoms with Gasteiger partial charge >= 0.3 is 118 Å². The van der Waals surface area contributed by atoms with E-state index in [2.05, 4.69) is 28.1 Å². The third-order valence-electron chi connectivity index (χ3n) is 3.93. The summed E-state index contributed by atoms with van der Waals surface area (Å²) in [6.07, 6.45) is -6.79. The summed E-state index contributed by atoms with van der Waals surface area (Å²) in [5.41, 5.74) is 11.1. The van der Waals surface area contributed by atoms with Gasteiger partial charge in [-0.05, 0) is 11.6 Å². The predicted molar refractivity (Wildman–Crippen MR) is 96.0 cm³/mol. The van der Waals surface area contributed by atoms with E-state index in [9.17, 15) is 43.5 Å². The van der Waals surface area contributed by atoms with Gasteiger partial charge in [0.2, 0.25) is 11.2 Å². The van der Waals surface area contributed by atoms with Gasteiger partial charge in [0.1, 0.15) is 18.3 Å². The first-order valence-corrected chi connectivity index (χ1v) is 12.9. The molecule has 0 spiro atoms. The molecule has 2 aromatic heterocycles. The smallest absolute Gasteiger partial charge is 0.790 e. The topological polar surface area (TPSA) is 316 Å². The van der Waals surface area contributed by atoms with Gasteiger partial charge in [-0.15, -0.1) is 0 Å². The van der Waals surface area contributed by atoms with Gasteiger partial charge in [0.05, 0.1) is 14.4 Å². The van der Waals surface area contributed by atoms with Crippen LogP contribution in [0.15, 0.2) is 0 Å². The molecular weight excluding hydrogens is 632 g/mol. The molecule has 0 amide bonds. The molecule has 2 aromatic rings. The maximum absolute atomic E-state index is 11.6. The van der Waals surface area contributed by atoms with E-state index in [1.165, 1.54) is 0 Å². The zero-order valence-corrected chi connectivity index (χ0v) is 31.0. The van der Waals surface area contributed by atoms with Crippen molar-refractivity contribution in [1.29, 1.82) is 0 Å². The van der Waals surface area contributed by atoms with Crippen LogP contribution in [-0.4, -0.2) is 54.7 Å². The van der Waals surface area contributed by atoms with E-state index in [-0.39, 0.29) is 146 Å². The van der Waals surface area contributed by atoms with Crippen LogP contribution in [0.3, 0.4) is 0 Å². The van der Waals surface area contributed by atoms with Crippen molar-refractivity contribution in [3.05, 3.63) is 5.28 Å². The van der Waals surface area contributed by atoms with Crippen LogP contribution in [0.4, 0.5) is 11.8 Å². The van der Waals surface area contributed by atoms with Crippen LogP contribution < -0.4 is 149 Å². The fourth-order valence-corrected chi connectivity index (χ4v) is 5.87. The quantitative estimate of drug-likeness (QED) is 0.118. The summed E-state index contributed by atoms with van der Waals surface area (Å²) in [4.78, 5) is 54.9. The van der Waals surface area contributed by atoms with Gasteiger partial charge in [0, 0.05) is 0 Å². The van der Waals surface area contributed by atoms with Gasteiger partial charge in [0.25, 0.3) is 15.6 Å². The fraction of sp³-hybridized carbons (Fsp3) is 0.500. The van der Waals surface area contributed by atoms with Crippen LogP contribution in [0.2, 0.25) is 5.28 Å². The first kappa shape index (κ1) is 41.9. The summed E-state index contributed by atoms with van der Waals surface area (Å²) in [6, 6.07) is 0. The maximum Gasteiger partial charge on any atom is 1.00 e. The first-order chi connectivity index (χ1) is 15.0. The minimum atomic E-state index is -6.18. The number of phosphoric ester groups is 1. The number of aromatic nitrogens is 4. The summed E-state index contributed by atoms with van der Waals surface area (Å²) in [5.74, 6) is -0.458. The summed E-state index contributed by atoms with van der Waals surface area (Å²) < 4.78 is 50.1. The Kier molecular flexibility index (Phi) is 18.1. The number of rotatable bonds is 8.